The molecule has 0 aliphatic carbocycles. The molecule has 10 heteroatoms. The number of thioether (sulfide) groups is 1. The molecular weight excluding hydrogens is 397 g/mol. The molecule has 1 N–H and O–H groups in total. The van der Waals surface area contributed by atoms with Crippen LogP contribution in [0, 0.1) is 5.82 Å². The van der Waals surface area contributed by atoms with E-state index in [9.17, 15) is 14.0 Å². The fraction of sp³-hybridized carbons (Fsp3) is 0.368. The van der Waals surface area contributed by atoms with E-state index in [0.29, 0.717) is 18.2 Å². The van der Waals surface area contributed by atoms with Gasteiger partial charge < -0.3 is 14.6 Å². The number of hydrogen-bond acceptors (Lipinski definition) is 6. The van der Waals surface area contributed by atoms with Crippen LogP contribution in [0.3, 0.4) is 0 Å². The van der Waals surface area contributed by atoms with Crippen molar-refractivity contribution in [2.24, 2.45) is 0 Å². The standard InChI is InChI=1S/C19H20FN5O3S/c20-14-5-3-13(4-6-14)11-24-7-8-25-17(18(24)27)22-23-19(25)29-12-16(26)21-10-15-2-1-9-28-15/h3-8,15H,1-2,9-12H2,(H,21,26)/t15-/m0/s1. The number of hydrogen-bond donors (Lipinski definition) is 1. The Morgan fingerprint density at radius 1 is 1.28 bits per heavy atom. The van der Waals surface area contributed by atoms with Gasteiger partial charge in [-0.1, -0.05) is 23.9 Å². The number of rotatable bonds is 7. The summed E-state index contributed by atoms with van der Waals surface area (Å²) in [6.45, 7) is 1.56. The van der Waals surface area contributed by atoms with E-state index >= 15 is 0 Å². The van der Waals surface area contributed by atoms with Gasteiger partial charge >= 0.3 is 0 Å². The first-order valence-electron chi connectivity index (χ1n) is 9.30. The third-order valence-corrected chi connectivity index (χ3v) is 5.60. The molecule has 2 aromatic heterocycles. The molecular formula is C19H20FN5O3S. The molecule has 1 amide bonds. The molecule has 29 heavy (non-hydrogen) atoms. The van der Waals surface area contributed by atoms with Crippen LogP contribution in [0.15, 0.2) is 46.6 Å². The van der Waals surface area contributed by atoms with Crippen molar-refractivity contribution in [3.05, 3.63) is 58.4 Å². The number of fused-ring (bicyclic) bond motifs is 1. The Morgan fingerprint density at radius 3 is 2.86 bits per heavy atom. The number of amides is 1. The van der Waals surface area contributed by atoms with Gasteiger partial charge in [0.1, 0.15) is 5.82 Å². The number of nitrogens with zero attached hydrogens (tertiary/aromatic N) is 4. The summed E-state index contributed by atoms with van der Waals surface area (Å²) in [5.41, 5.74) is 0.672. The van der Waals surface area contributed by atoms with E-state index in [1.807, 2.05) is 0 Å². The maximum Gasteiger partial charge on any atom is 0.296 e. The van der Waals surface area contributed by atoms with Gasteiger partial charge in [0, 0.05) is 25.5 Å². The Bertz CT molecular complexity index is 1060. The lowest BCUT2D eigenvalue weighted by molar-refractivity contribution is -0.119. The lowest BCUT2D eigenvalue weighted by Crippen LogP contribution is -2.32. The van der Waals surface area contributed by atoms with Crippen LogP contribution < -0.4 is 10.9 Å². The zero-order chi connectivity index (χ0) is 20.2. The molecule has 8 nitrogen and oxygen atoms in total. The van der Waals surface area contributed by atoms with Crippen LogP contribution in [0.4, 0.5) is 4.39 Å². The summed E-state index contributed by atoms with van der Waals surface area (Å²) in [5.74, 6) is -0.269. The highest BCUT2D eigenvalue weighted by molar-refractivity contribution is 7.99. The molecule has 1 aliphatic rings. The minimum atomic E-state index is -0.324. The molecule has 1 aromatic carbocycles. The summed E-state index contributed by atoms with van der Waals surface area (Å²) < 4.78 is 21.6. The van der Waals surface area contributed by atoms with Crippen LogP contribution in [-0.2, 0) is 16.1 Å². The molecule has 3 aromatic rings. The summed E-state index contributed by atoms with van der Waals surface area (Å²) in [6.07, 6.45) is 5.40. The van der Waals surface area contributed by atoms with Crippen molar-refractivity contribution in [3.8, 4) is 0 Å². The minimum absolute atomic E-state index is 0.0949. The van der Waals surface area contributed by atoms with E-state index in [-0.39, 0.29) is 34.8 Å². The van der Waals surface area contributed by atoms with Crippen molar-refractivity contribution in [3.63, 3.8) is 0 Å². The predicted octanol–water partition coefficient (Wildman–Crippen LogP) is 1.47. The molecule has 1 fully saturated rings. The Morgan fingerprint density at radius 2 is 2.10 bits per heavy atom. The Hall–Kier alpha value is -2.72. The van der Waals surface area contributed by atoms with Crippen molar-refractivity contribution in [1.82, 2.24) is 24.5 Å². The first-order chi connectivity index (χ1) is 14.1. The SMILES string of the molecule is O=C(CSc1nnc2c(=O)n(Cc3ccc(F)cc3)ccn12)NC[C@@H]1CCCO1. The molecule has 0 bridgehead atoms. The molecule has 1 atom stereocenters. The summed E-state index contributed by atoms with van der Waals surface area (Å²) >= 11 is 1.21. The number of carbonyl (C=O) groups excluding carboxylic acids is 1. The molecule has 152 valence electrons. The van der Waals surface area contributed by atoms with E-state index in [1.54, 1.807) is 28.9 Å². The van der Waals surface area contributed by atoms with Crippen molar-refractivity contribution in [2.75, 3.05) is 18.9 Å². The molecule has 4 rings (SSSR count). The number of benzene rings is 1. The molecule has 0 unspecified atom stereocenters. The summed E-state index contributed by atoms with van der Waals surface area (Å²) in [6, 6.07) is 5.97. The lowest BCUT2D eigenvalue weighted by atomic mass is 10.2. The van der Waals surface area contributed by atoms with Crippen molar-refractivity contribution in [2.45, 2.75) is 30.6 Å². The maximum atomic E-state index is 13.0. The van der Waals surface area contributed by atoms with E-state index in [0.717, 1.165) is 25.0 Å². The van der Waals surface area contributed by atoms with Crippen molar-refractivity contribution >= 4 is 23.3 Å². The molecule has 0 spiro atoms. The zero-order valence-corrected chi connectivity index (χ0v) is 16.4. The number of halogens is 1. The van der Waals surface area contributed by atoms with Gasteiger partial charge in [-0.05, 0) is 30.5 Å². The highest BCUT2D eigenvalue weighted by Gasteiger charge is 2.17. The predicted molar refractivity (Wildman–Crippen MR) is 105 cm³/mol. The van der Waals surface area contributed by atoms with E-state index in [1.165, 1.54) is 28.5 Å². The van der Waals surface area contributed by atoms with Gasteiger partial charge in [-0.2, -0.15) is 0 Å². The number of carbonyl (C=O) groups is 1. The topological polar surface area (TPSA) is 90.5 Å². The number of nitrogens with one attached hydrogen (secondary N) is 1. The zero-order valence-electron chi connectivity index (χ0n) is 15.6. The van der Waals surface area contributed by atoms with Crippen LogP contribution in [-0.4, -0.2) is 50.1 Å². The molecule has 3 heterocycles. The van der Waals surface area contributed by atoms with Crippen LogP contribution in [0.25, 0.3) is 5.65 Å². The van der Waals surface area contributed by atoms with Crippen LogP contribution >= 0.6 is 11.8 Å². The second kappa shape index (κ2) is 8.75. The van der Waals surface area contributed by atoms with Gasteiger partial charge in [-0.25, -0.2) is 4.39 Å². The monoisotopic (exact) mass is 417 g/mol. The molecule has 1 aliphatic heterocycles. The highest BCUT2D eigenvalue weighted by Crippen LogP contribution is 2.16. The van der Waals surface area contributed by atoms with Crippen molar-refractivity contribution in [1.29, 1.82) is 0 Å². The normalized spacial score (nSPS) is 16.4. The smallest absolute Gasteiger partial charge is 0.296 e. The Balaban J connectivity index is 1.40. The Labute approximate surface area is 170 Å². The van der Waals surface area contributed by atoms with Crippen LogP contribution in [0.5, 0.6) is 0 Å². The number of aromatic nitrogens is 4. The van der Waals surface area contributed by atoms with Gasteiger partial charge in [0.25, 0.3) is 5.56 Å². The largest absolute Gasteiger partial charge is 0.376 e. The van der Waals surface area contributed by atoms with Gasteiger partial charge in [0.05, 0.1) is 18.4 Å². The first-order valence-corrected chi connectivity index (χ1v) is 10.3. The fourth-order valence-electron chi connectivity index (χ4n) is 3.12. The third kappa shape index (κ3) is 4.65. The summed E-state index contributed by atoms with van der Waals surface area (Å²) in [4.78, 5) is 24.7. The van der Waals surface area contributed by atoms with Gasteiger partial charge in [-0.15, -0.1) is 10.2 Å². The van der Waals surface area contributed by atoms with Gasteiger partial charge in [0.2, 0.25) is 11.6 Å². The molecule has 0 saturated carbocycles. The third-order valence-electron chi connectivity index (χ3n) is 4.66. The highest BCUT2D eigenvalue weighted by atomic mass is 32.2. The quantitative estimate of drug-likeness (QED) is 0.586. The first kappa shape index (κ1) is 19.6. The van der Waals surface area contributed by atoms with E-state index in [4.69, 9.17) is 4.74 Å². The lowest BCUT2D eigenvalue weighted by Gasteiger charge is -2.10. The minimum Gasteiger partial charge on any atom is -0.376 e. The van der Waals surface area contributed by atoms with Crippen LogP contribution in [0.2, 0.25) is 0 Å². The Kier molecular flexibility index (Phi) is 5.91. The average molecular weight is 417 g/mol. The van der Waals surface area contributed by atoms with E-state index < -0.39 is 0 Å². The fourth-order valence-corrected chi connectivity index (χ4v) is 3.87. The summed E-state index contributed by atoms with van der Waals surface area (Å²) in [5, 5.41) is 11.3. The summed E-state index contributed by atoms with van der Waals surface area (Å²) in [7, 11) is 0. The second-order valence-corrected chi connectivity index (χ2v) is 7.70. The molecule has 1 saturated heterocycles. The van der Waals surface area contributed by atoms with Gasteiger partial charge in [-0.3, -0.25) is 14.0 Å². The maximum absolute atomic E-state index is 13.0. The second-order valence-electron chi connectivity index (χ2n) is 6.76. The van der Waals surface area contributed by atoms with Crippen molar-refractivity contribution < 1.29 is 13.9 Å². The number of ether oxygens (including phenoxy) is 1. The molecule has 0 radical (unpaired) electrons. The average Bonchev–Trinajstić information content (AvgIpc) is 3.38. The van der Waals surface area contributed by atoms with Crippen LogP contribution in [0.1, 0.15) is 18.4 Å². The van der Waals surface area contributed by atoms with Gasteiger partial charge in [0.15, 0.2) is 5.16 Å². The van der Waals surface area contributed by atoms with E-state index in [2.05, 4.69) is 15.5 Å².